The first kappa shape index (κ1) is 49.4. The number of nitrogens with one attached hydrogen (secondary N) is 1. The van der Waals surface area contributed by atoms with Crippen molar-refractivity contribution in [1.29, 1.82) is 0 Å². The molecule has 0 unspecified atom stereocenters. The van der Waals surface area contributed by atoms with Crippen molar-refractivity contribution in [2.75, 3.05) is 6.54 Å². The maximum absolute atomic E-state index is 15.4. The summed E-state index contributed by atoms with van der Waals surface area (Å²) >= 11 is 0. The molecule has 336 valence electrons. The van der Waals surface area contributed by atoms with Crippen LogP contribution in [0, 0.1) is 116 Å². The van der Waals surface area contributed by atoms with E-state index in [1.165, 1.54) is 24.1 Å². The summed E-state index contributed by atoms with van der Waals surface area (Å²) in [5, 5.41) is 0. The molecular weight excluding hydrogens is 885 g/mol. The van der Waals surface area contributed by atoms with Crippen molar-refractivity contribution in [3.63, 3.8) is 0 Å². The Hall–Kier alpha value is -5.28. The van der Waals surface area contributed by atoms with E-state index >= 15 is 35.1 Å². The fraction of sp³-hybridized carbons (Fsp3) is 0.250. The van der Waals surface area contributed by atoms with E-state index in [0.717, 1.165) is 6.42 Å². The third-order valence-corrected chi connectivity index (χ3v) is 10.3. The Bertz CT molecular complexity index is 2130. The van der Waals surface area contributed by atoms with Gasteiger partial charge in [-0.05, 0) is 45.2 Å². The molecule has 5 aromatic carbocycles. The highest BCUT2D eigenvalue weighted by molar-refractivity contribution is 7.20. The van der Waals surface area contributed by atoms with E-state index in [2.05, 4.69) is 58.9 Å². The summed E-state index contributed by atoms with van der Waals surface area (Å²) in [5.74, 6) is -71.4. The van der Waals surface area contributed by atoms with Crippen LogP contribution in [-0.4, -0.2) is 24.8 Å². The maximum Gasteiger partial charge on any atom is 0.200 e. The van der Waals surface area contributed by atoms with Gasteiger partial charge in [0.1, 0.15) is 52.7 Å². The van der Waals surface area contributed by atoms with Crippen molar-refractivity contribution in [2.45, 2.75) is 59.5 Å². The molecule has 0 heterocycles. The van der Waals surface area contributed by atoms with Crippen molar-refractivity contribution in [1.82, 2.24) is 0 Å². The minimum atomic E-state index is -7.22. The van der Waals surface area contributed by atoms with Crippen LogP contribution in [0.1, 0.15) is 45.7 Å². The van der Waals surface area contributed by atoms with Crippen molar-refractivity contribution >= 4 is 28.0 Å². The van der Waals surface area contributed by atoms with E-state index in [1.54, 1.807) is 4.90 Å². The number of benzene rings is 5. The molecule has 62 heavy (non-hydrogen) atoms. The first-order valence-electron chi connectivity index (χ1n) is 17.9. The largest absolute Gasteiger partial charge is 0.331 e. The Morgan fingerprint density at radius 2 is 0.532 bits per heavy atom. The molecule has 1 nitrogen and oxygen atoms in total. The smallest absolute Gasteiger partial charge is 0.200 e. The molecule has 0 radical (unpaired) electrons. The molecule has 5 rings (SSSR count). The minimum absolute atomic E-state index is 0.713. The second-order valence-electron chi connectivity index (χ2n) is 14.4. The highest BCUT2D eigenvalue weighted by Crippen LogP contribution is 2.30. The van der Waals surface area contributed by atoms with Crippen molar-refractivity contribution in [3.8, 4) is 0 Å². The summed E-state index contributed by atoms with van der Waals surface area (Å²) in [6.07, 6.45) is -4.89. The average molecular weight is 913 g/mol. The number of hydrogen-bond acceptors (Lipinski definition) is 0. The molecule has 0 saturated heterocycles. The van der Waals surface area contributed by atoms with Gasteiger partial charge in [0.15, 0.2) is 69.8 Å². The summed E-state index contributed by atoms with van der Waals surface area (Å²) in [6.45, 7) is 12.7. The van der Waals surface area contributed by atoms with Gasteiger partial charge in [0.25, 0.3) is 0 Å². The SMILES string of the molecule is CCc1ccc(CC[NH+](C(C)C)C(C)C)cc1.Fc1c(F)c(F)c([B-](c2c(F)c(F)c(F)c(F)c2F)(c2c(F)c(F)c(F)c(F)c2F)c2c(F)c(F)c(F)c(F)c2F)c(F)c1F. The maximum atomic E-state index is 15.4. The first-order valence-corrected chi connectivity index (χ1v) is 17.9. The lowest BCUT2D eigenvalue weighted by atomic mass is 9.12. The molecule has 0 amide bonds. The summed E-state index contributed by atoms with van der Waals surface area (Å²) in [6, 6.07) is 10.5. The van der Waals surface area contributed by atoms with Crippen molar-refractivity contribution in [2.24, 2.45) is 0 Å². The molecule has 0 aliphatic heterocycles. The summed E-state index contributed by atoms with van der Waals surface area (Å²) in [4.78, 5) is 1.70. The van der Waals surface area contributed by atoms with Gasteiger partial charge in [-0.15, -0.1) is 21.9 Å². The number of rotatable bonds is 10. The molecule has 0 aliphatic carbocycles. The van der Waals surface area contributed by atoms with Crippen LogP contribution < -0.4 is 26.8 Å². The topological polar surface area (TPSA) is 4.44 Å². The summed E-state index contributed by atoms with van der Waals surface area (Å²) in [7, 11) is 0. The first-order chi connectivity index (χ1) is 28.7. The Balaban J connectivity index is 0.000000416. The van der Waals surface area contributed by atoms with E-state index in [0.29, 0.717) is 12.1 Å². The van der Waals surface area contributed by atoms with Crippen molar-refractivity contribution in [3.05, 3.63) is 152 Å². The van der Waals surface area contributed by atoms with E-state index in [-0.39, 0.29) is 0 Å². The predicted octanol–water partition coefficient (Wildman–Crippen LogP) is 8.34. The van der Waals surface area contributed by atoms with Gasteiger partial charge >= 0.3 is 0 Å². The molecule has 0 fully saturated rings. The van der Waals surface area contributed by atoms with Crippen molar-refractivity contribution < 1.29 is 92.7 Å². The van der Waals surface area contributed by atoms with Crippen LogP contribution in [-0.2, 0) is 12.8 Å². The molecule has 22 heteroatoms. The number of halogens is 20. The van der Waals surface area contributed by atoms with E-state index < -0.39 is 144 Å². The fourth-order valence-electron chi connectivity index (χ4n) is 7.35. The highest BCUT2D eigenvalue weighted by atomic mass is 19.2. The zero-order chi connectivity index (χ0) is 47.2. The lowest BCUT2D eigenvalue weighted by Crippen LogP contribution is -3.18. The molecule has 0 spiro atoms. The van der Waals surface area contributed by atoms with Crippen LogP contribution in [0.25, 0.3) is 0 Å². The molecular formula is C40H28BF20N. The highest BCUT2D eigenvalue weighted by Gasteiger charge is 2.52. The Morgan fingerprint density at radius 1 is 0.339 bits per heavy atom. The van der Waals surface area contributed by atoms with Gasteiger partial charge < -0.3 is 4.90 Å². The van der Waals surface area contributed by atoms with Crippen LogP contribution in [0.4, 0.5) is 87.8 Å². The van der Waals surface area contributed by atoms with Crippen LogP contribution >= 0.6 is 0 Å². The predicted molar refractivity (Wildman–Crippen MR) is 185 cm³/mol. The zero-order valence-electron chi connectivity index (χ0n) is 32.2. The molecule has 0 atom stereocenters. The van der Waals surface area contributed by atoms with Gasteiger partial charge in [-0.1, -0.05) is 31.2 Å². The lowest BCUT2D eigenvalue weighted by molar-refractivity contribution is -0.942. The molecule has 0 bridgehead atoms. The van der Waals surface area contributed by atoms with Crippen LogP contribution in [0.2, 0.25) is 0 Å². The van der Waals surface area contributed by atoms with Crippen LogP contribution in [0.3, 0.4) is 0 Å². The third-order valence-electron chi connectivity index (χ3n) is 10.3. The van der Waals surface area contributed by atoms with E-state index in [1.807, 2.05) is 0 Å². The average Bonchev–Trinajstić information content (AvgIpc) is 3.23. The third kappa shape index (κ3) is 8.09. The molecule has 0 aliphatic rings. The fourth-order valence-corrected chi connectivity index (χ4v) is 7.35. The lowest BCUT2D eigenvalue weighted by Gasteiger charge is -2.44. The Kier molecular flexibility index (Phi) is 14.8. The molecule has 5 aromatic rings. The Morgan fingerprint density at radius 3 is 0.726 bits per heavy atom. The van der Waals surface area contributed by atoms with Crippen LogP contribution in [0.15, 0.2) is 24.3 Å². The Labute approximate surface area is 338 Å². The molecule has 0 saturated carbocycles. The van der Waals surface area contributed by atoms with Gasteiger partial charge in [-0.2, -0.15) is 0 Å². The number of hydrogen-bond donors (Lipinski definition) is 1. The monoisotopic (exact) mass is 913 g/mol. The molecule has 0 aromatic heterocycles. The zero-order valence-corrected chi connectivity index (χ0v) is 32.2. The van der Waals surface area contributed by atoms with Gasteiger partial charge in [0.2, 0.25) is 0 Å². The van der Waals surface area contributed by atoms with Gasteiger partial charge in [-0.3, -0.25) is 0 Å². The summed E-state index contributed by atoms with van der Waals surface area (Å²) < 4.78 is 294. The van der Waals surface area contributed by atoms with E-state index in [9.17, 15) is 52.7 Å². The van der Waals surface area contributed by atoms with Crippen LogP contribution in [0.5, 0.6) is 0 Å². The second-order valence-corrected chi connectivity index (χ2v) is 14.4. The summed E-state index contributed by atoms with van der Waals surface area (Å²) in [5.41, 5.74) is -11.4. The number of aryl methyl sites for hydroxylation is 1. The normalized spacial score (nSPS) is 11.9. The van der Waals surface area contributed by atoms with Gasteiger partial charge in [-0.25, -0.2) is 87.8 Å². The second kappa shape index (κ2) is 18.6. The molecule has 1 N–H and O–H groups in total. The standard InChI is InChI=1S/C24BF20.C16H27N/c26-5-1(6(27)14(35)21(42)13(5)34)25(2-7(28)15(36)22(43)16(37)8(2)29,3-9(30)17(38)23(44)18(39)10(3)31)4-11(32)19(40)24(45)20(41)12(4)33;1-6-15-7-9-16(10-8-15)11-12-17(13(2)3)14(4)5/h;7-10,13-14H,6,11-12H2,1-5H3/q-1;/p+1. The van der Waals surface area contributed by atoms with Gasteiger partial charge in [0, 0.05) is 6.42 Å². The minimum Gasteiger partial charge on any atom is -0.331 e. The quantitative estimate of drug-likeness (QED) is 0.0623. The number of quaternary nitrogens is 1. The van der Waals surface area contributed by atoms with Gasteiger partial charge in [0.05, 0.1) is 18.6 Å². The van der Waals surface area contributed by atoms with E-state index in [4.69, 9.17) is 0 Å².